The van der Waals surface area contributed by atoms with Crippen LogP contribution in [0.25, 0.3) is 0 Å². The molecule has 0 saturated heterocycles. The fourth-order valence-electron chi connectivity index (χ4n) is 3.01. The van der Waals surface area contributed by atoms with Gasteiger partial charge in [-0.15, -0.1) is 0 Å². The summed E-state index contributed by atoms with van der Waals surface area (Å²) in [4.78, 5) is 12.7. The van der Waals surface area contributed by atoms with Crippen LogP contribution < -0.4 is 10.0 Å². The van der Waals surface area contributed by atoms with Crippen molar-refractivity contribution in [3.05, 3.63) is 59.7 Å². The zero-order valence-electron chi connectivity index (χ0n) is 16.9. The van der Waals surface area contributed by atoms with Gasteiger partial charge in [0, 0.05) is 12.1 Å². The molecule has 0 aliphatic rings. The SMILES string of the molecule is CCCCC(CC)CNC(=O)c1ccc(NS(=O)(=O)c2ccccc2)c(C)c1. The number of hydrogen-bond donors (Lipinski definition) is 2. The molecule has 0 radical (unpaired) electrons. The van der Waals surface area contributed by atoms with Gasteiger partial charge in [0.25, 0.3) is 15.9 Å². The zero-order valence-corrected chi connectivity index (χ0v) is 17.7. The Morgan fingerprint density at radius 2 is 1.79 bits per heavy atom. The lowest BCUT2D eigenvalue weighted by Crippen LogP contribution is -2.29. The van der Waals surface area contributed by atoms with E-state index in [1.54, 1.807) is 55.5 Å². The molecule has 1 unspecified atom stereocenters. The first-order valence-corrected chi connectivity index (χ1v) is 11.3. The number of sulfonamides is 1. The molecule has 6 heteroatoms. The minimum Gasteiger partial charge on any atom is -0.352 e. The number of carbonyl (C=O) groups is 1. The second-order valence-electron chi connectivity index (χ2n) is 7.07. The minimum absolute atomic E-state index is 0.129. The van der Waals surface area contributed by atoms with Crippen LogP contribution in [0.15, 0.2) is 53.4 Å². The first kappa shape index (κ1) is 22.0. The van der Waals surface area contributed by atoms with Crippen molar-refractivity contribution >= 4 is 21.6 Å². The van der Waals surface area contributed by atoms with E-state index in [9.17, 15) is 13.2 Å². The summed E-state index contributed by atoms with van der Waals surface area (Å²) in [5.74, 6) is 0.359. The highest BCUT2D eigenvalue weighted by molar-refractivity contribution is 7.92. The average molecular weight is 403 g/mol. The van der Waals surface area contributed by atoms with Gasteiger partial charge in [0.2, 0.25) is 0 Å². The van der Waals surface area contributed by atoms with E-state index in [2.05, 4.69) is 23.9 Å². The Balaban J connectivity index is 2.04. The van der Waals surface area contributed by atoms with Gasteiger partial charge in [-0.2, -0.15) is 0 Å². The van der Waals surface area contributed by atoms with Crippen LogP contribution in [0.3, 0.4) is 0 Å². The summed E-state index contributed by atoms with van der Waals surface area (Å²) in [6, 6.07) is 13.2. The van der Waals surface area contributed by atoms with Crippen molar-refractivity contribution in [2.24, 2.45) is 5.92 Å². The molecule has 2 rings (SSSR count). The van der Waals surface area contributed by atoms with Crippen molar-refractivity contribution in [2.75, 3.05) is 11.3 Å². The Morgan fingerprint density at radius 1 is 1.07 bits per heavy atom. The highest BCUT2D eigenvalue weighted by Crippen LogP contribution is 2.21. The monoisotopic (exact) mass is 402 g/mol. The van der Waals surface area contributed by atoms with Crippen molar-refractivity contribution in [3.63, 3.8) is 0 Å². The van der Waals surface area contributed by atoms with E-state index in [1.165, 1.54) is 6.42 Å². The summed E-state index contributed by atoms with van der Waals surface area (Å²) in [5, 5.41) is 3.00. The fourth-order valence-corrected chi connectivity index (χ4v) is 4.16. The van der Waals surface area contributed by atoms with Crippen molar-refractivity contribution in [1.29, 1.82) is 0 Å². The molecular formula is C22H30N2O3S. The van der Waals surface area contributed by atoms with E-state index in [0.29, 0.717) is 29.3 Å². The van der Waals surface area contributed by atoms with Crippen LogP contribution in [0.5, 0.6) is 0 Å². The third-order valence-corrected chi connectivity index (χ3v) is 6.26. The molecule has 1 atom stereocenters. The molecule has 2 N–H and O–H groups in total. The van der Waals surface area contributed by atoms with Gasteiger partial charge >= 0.3 is 0 Å². The maximum Gasteiger partial charge on any atom is 0.261 e. The fraction of sp³-hybridized carbons (Fsp3) is 0.409. The number of unbranched alkanes of at least 4 members (excludes halogenated alkanes) is 1. The molecule has 5 nitrogen and oxygen atoms in total. The lowest BCUT2D eigenvalue weighted by molar-refractivity contribution is 0.0945. The predicted molar refractivity (Wildman–Crippen MR) is 114 cm³/mol. The largest absolute Gasteiger partial charge is 0.352 e. The van der Waals surface area contributed by atoms with Crippen LogP contribution in [0.2, 0.25) is 0 Å². The first-order valence-electron chi connectivity index (χ1n) is 9.84. The topological polar surface area (TPSA) is 75.3 Å². The van der Waals surface area contributed by atoms with E-state index in [4.69, 9.17) is 0 Å². The number of anilines is 1. The molecule has 0 saturated carbocycles. The van der Waals surface area contributed by atoms with E-state index in [0.717, 1.165) is 19.3 Å². The zero-order chi connectivity index (χ0) is 20.6. The molecule has 0 spiro atoms. The van der Waals surface area contributed by atoms with E-state index >= 15 is 0 Å². The molecule has 0 bridgehead atoms. The van der Waals surface area contributed by atoms with Gasteiger partial charge in [-0.1, -0.05) is 51.3 Å². The van der Waals surface area contributed by atoms with E-state index in [1.807, 2.05) is 0 Å². The molecular weight excluding hydrogens is 372 g/mol. The van der Waals surface area contributed by atoms with Crippen molar-refractivity contribution in [1.82, 2.24) is 5.32 Å². The second-order valence-corrected chi connectivity index (χ2v) is 8.76. The third-order valence-electron chi connectivity index (χ3n) is 4.88. The average Bonchev–Trinajstić information content (AvgIpc) is 2.70. The number of benzene rings is 2. The van der Waals surface area contributed by atoms with Crippen LogP contribution in [-0.4, -0.2) is 20.9 Å². The van der Waals surface area contributed by atoms with Gasteiger partial charge in [-0.05, 0) is 55.2 Å². The van der Waals surface area contributed by atoms with E-state index < -0.39 is 10.0 Å². The first-order chi connectivity index (χ1) is 13.4. The van der Waals surface area contributed by atoms with Crippen LogP contribution >= 0.6 is 0 Å². The quantitative estimate of drug-likeness (QED) is 0.603. The van der Waals surface area contributed by atoms with Crippen LogP contribution in [0, 0.1) is 12.8 Å². The maximum atomic E-state index is 12.5. The lowest BCUT2D eigenvalue weighted by Gasteiger charge is -2.16. The van der Waals surface area contributed by atoms with Gasteiger partial charge < -0.3 is 5.32 Å². The van der Waals surface area contributed by atoms with Crippen molar-refractivity contribution in [3.8, 4) is 0 Å². The maximum absolute atomic E-state index is 12.5. The Kier molecular flexibility index (Phi) is 8.05. The highest BCUT2D eigenvalue weighted by atomic mass is 32.2. The summed E-state index contributed by atoms with van der Waals surface area (Å²) in [5.41, 5.74) is 1.70. The standard InChI is InChI=1S/C22H30N2O3S/c1-4-6-10-18(5-2)16-23-22(25)19-13-14-21(17(3)15-19)24-28(26,27)20-11-8-7-9-12-20/h7-9,11-15,18,24H,4-6,10,16H2,1-3H3,(H,23,25). The van der Waals surface area contributed by atoms with Gasteiger partial charge in [-0.25, -0.2) is 8.42 Å². The van der Waals surface area contributed by atoms with Crippen LogP contribution in [0.4, 0.5) is 5.69 Å². The van der Waals surface area contributed by atoms with E-state index in [-0.39, 0.29) is 10.8 Å². The van der Waals surface area contributed by atoms with Crippen LogP contribution in [-0.2, 0) is 10.0 Å². The normalized spacial score (nSPS) is 12.4. The van der Waals surface area contributed by atoms with Crippen molar-refractivity contribution in [2.45, 2.75) is 51.3 Å². The predicted octanol–water partition coefficient (Wildman–Crippen LogP) is 4.74. The molecule has 2 aromatic carbocycles. The van der Waals surface area contributed by atoms with Gasteiger partial charge in [0.15, 0.2) is 0 Å². The van der Waals surface area contributed by atoms with Crippen LogP contribution in [0.1, 0.15) is 55.5 Å². The number of hydrogen-bond acceptors (Lipinski definition) is 3. The summed E-state index contributed by atoms with van der Waals surface area (Å²) in [7, 11) is -3.65. The minimum atomic E-state index is -3.65. The molecule has 1 amide bonds. The summed E-state index contributed by atoms with van der Waals surface area (Å²) < 4.78 is 27.6. The Hall–Kier alpha value is -2.34. The lowest BCUT2D eigenvalue weighted by atomic mass is 9.99. The van der Waals surface area contributed by atoms with Gasteiger partial charge in [0.1, 0.15) is 0 Å². The molecule has 28 heavy (non-hydrogen) atoms. The smallest absolute Gasteiger partial charge is 0.261 e. The molecule has 0 aliphatic heterocycles. The van der Waals surface area contributed by atoms with Gasteiger partial charge in [-0.3, -0.25) is 9.52 Å². The number of carbonyl (C=O) groups excluding carboxylic acids is 1. The Morgan fingerprint density at radius 3 is 2.39 bits per heavy atom. The molecule has 152 valence electrons. The van der Waals surface area contributed by atoms with Crippen molar-refractivity contribution < 1.29 is 13.2 Å². The molecule has 0 fully saturated rings. The second kappa shape index (κ2) is 10.3. The number of rotatable bonds is 10. The molecule has 0 aromatic heterocycles. The molecule has 2 aromatic rings. The summed E-state index contributed by atoms with van der Waals surface area (Å²) in [6.45, 7) is 6.76. The Bertz CT molecular complexity index is 880. The Labute approximate surface area is 168 Å². The number of aryl methyl sites for hydroxylation is 1. The summed E-state index contributed by atoms with van der Waals surface area (Å²) in [6.07, 6.45) is 4.49. The molecule has 0 heterocycles. The molecule has 0 aliphatic carbocycles. The van der Waals surface area contributed by atoms with Gasteiger partial charge in [0.05, 0.1) is 10.6 Å². The third kappa shape index (κ3) is 6.09. The number of nitrogens with one attached hydrogen (secondary N) is 2. The number of amides is 1. The summed E-state index contributed by atoms with van der Waals surface area (Å²) >= 11 is 0. The highest BCUT2D eigenvalue weighted by Gasteiger charge is 2.16.